The average molecular weight is 348 g/mol. The first-order chi connectivity index (χ1) is 12.0. The Morgan fingerprint density at radius 3 is 3.04 bits per heavy atom. The molecule has 0 radical (unpaired) electrons. The van der Waals surface area contributed by atoms with Crippen LogP contribution in [-0.2, 0) is 17.8 Å². The second-order valence-corrected chi connectivity index (χ2v) is 6.38. The van der Waals surface area contributed by atoms with E-state index in [0.717, 1.165) is 0 Å². The predicted octanol–water partition coefficient (Wildman–Crippen LogP) is 1.02. The van der Waals surface area contributed by atoms with Crippen LogP contribution in [0.4, 0.5) is 4.39 Å². The Bertz CT molecular complexity index is 737. The van der Waals surface area contributed by atoms with Crippen molar-refractivity contribution in [1.82, 2.24) is 19.9 Å². The van der Waals surface area contributed by atoms with Gasteiger partial charge in [0.15, 0.2) is 0 Å². The van der Waals surface area contributed by atoms with Gasteiger partial charge >= 0.3 is 0 Å². The van der Waals surface area contributed by atoms with Crippen molar-refractivity contribution in [3.63, 3.8) is 0 Å². The third-order valence-corrected chi connectivity index (χ3v) is 4.42. The lowest BCUT2D eigenvalue weighted by molar-refractivity contribution is -0.138. The number of ether oxygens (including phenoxy) is 1. The van der Waals surface area contributed by atoms with Crippen LogP contribution in [0.3, 0.4) is 0 Å². The van der Waals surface area contributed by atoms with Crippen LogP contribution in [0, 0.1) is 5.82 Å². The molecule has 1 aliphatic heterocycles. The smallest absolute Gasteiger partial charge is 0.227 e. The number of β-amino-alcohol motifs (C(OH)–C–C–N with tert-alkyl or cyclic N) is 1. The van der Waals surface area contributed by atoms with E-state index in [1.54, 1.807) is 22.0 Å². The maximum atomic E-state index is 13.5. The summed E-state index contributed by atoms with van der Waals surface area (Å²) in [7, 11) is 1.49. The zero-order chi connectivity index (χ0) is 17.9. The molecule has 25 heavy (non-hydrogen) atoms. The first-order valence-electron chi connectivity index (χ1n) is 8.16. The van der Waals surface area contributed by atoms with Crippen LogP contribution in [0.1, 0.15) is 18.4 Å². The SMILES string of the molecule is COc1ccc(F)cc1CC(=O)N1CCCC(O)(Cn2ccnn2)C1. The zero-order valence-electron chi connectivity index (χ0n) is 14.1. The molecule has 7 nitrogen and oxygen atoms in total. The number of carbonyl (C=O) groups is 1. The van der Waals surface area contributed by atoms with E-state index in [2.05, 4.69) is 10.3 Å². The Balaban J connectivity index is 1.69. The fourth-order valence-electron chi connectivity index (χ4n) is 3.23. The first-order valence-corrected chi connectivity index (χ1v) is 8.16. The summed E-state index contributed by atoms with van der Waals surface area (Å²) in [5.74, 6) is -0.102. The van der Waals surface area contributed by atoms with E-state index in [1.807, 2.05) is 0 Å². The number of piperidine rings is 1. The van der Waals surface area contributed by atoms with Gasteiger partial charge in [0.2, 0.25) is 5.91 Å². The molecule has 1 atom stereocenters. The van der Waals surface area contributed by atoms with Crippen LogP contribution in [0.2, 0.25) is 0 Å². The number of nitrogens with zero attached hydrogens (tertiary/aromatic N) is 4. The molecule has 1 saturated heterocycles. The van der Waals surface area contributed by atoms with E-state index < -0.39 is 11.4 Å². The van der Waals surface area contributed by atoms with E-state index >= 15 is 0 Å². The van der Waals surface area contributed by atoms with Gasteiger partial charge in [-0.1, -0.05) is 5.21 Å². The topological polar surface area (TPSA) is 80.5 Å². The number of rotatable bonds is 5. The molecular weight excluding hydrogens is 327 g/mol. The van der Waals surface area contributed by atoms with Gasteiger partial charge in [-0.3, -0.25) is 4.79 Å². The number of aliphatic hydroxyl groups is 1. The molecule has 3 rings (SSSR count). The molecule has 0 saturated carbocycles. The van der Waals surface area contributed by atoms with Crippen LogP contribution in [0.15, 0.2) is 30.6 Å². The van der Waals surface area contributed by atoms with Crippen LogP contribution < -0.4 is 4.74 Å². The van der Waals surface area contributed by atoms with Crippen molar-refractivity contribution in [2.45, 2.75) is 31.4 Å². The fraction of sp³-hybridized carbons (Fsp3) is 0.471. The van der Waals surface area contributed by atoms with E-state index in [4.69, 9.17) is 4.74 Å². The lowest BCUT2D eigenvalue weighted by atomic mass is 9.92. The largest absolute Gasteiger partial charge is 0.496 e. The Hall–Kier alpha value is -2.48. The lowest BCUT2D eigenvalue weighted by Crippen LogP contribution is -2.52. The molecule has 2 heterocycles. The third-order valence-electron chi connectivity index (χ3n) is 4.42. The highest BCUT2D eigenvalue weighted by molar-refractivity contribution is 5.79. The standard InChI is InChI=1S/C17H21FN4O3/c1-25-15-4-3-14(18)9-13(15)10-16(23)21-7-2-5-17(24,11-21)12-22-8-6-19-20-22/h3-4,6,8-9,24H,2,5,7,10-12H2,1H3. The van der Waals surface area contributed by atoms with Crippen molar-refractivity contribution >= 4 is 5.91 Å². The molecule has 1 aromatic heterocycles. The summed E-state index contributed by atoms with van der Waals surface area (Å²) in [4.78, 5) is 14.3. The number of likely N-dealkylation sites (tertiary alicyclic amines) is 1. The van der Waals surface area contributed by atoms with Gasteiger partial charge in [0.1, 0.15) is 17.2 Å². The molecule has 1 N–H and O–H groups in total. The van der Waals surface area contributed by atoms with Crippen molar-refractivity contribution in [2.24, 2.45) is 0 Å². The summed E-state index contributed by atoms with van der Waals surface area (Å²) in [6.07, 6.45) is 4.53. The molecule has 1 unspecified atom stereocenters. The van der Waals surface area contributed by atoms with Crippen molar-refractivity contribution in [1.29, 1.82) is 0 Å². The zero-order valence-corrected chi connectivity index (χ0v) is 14.1. The van der Waals surface area contributed by atoms with Crippen LogP contribution in [0.5, 0.6) is 5.75 Å². The summed E-state index contributed by atoms with van der Waals surface area (Å²) in [5.41, 5.74) is -0.550. The van der Waals surface area contributed by atoms with E-state index in [9.17, 15) is 14.3 Å². The van der Waals surface area contributed by atoms with Crippen molar-refractivity contribution in [2.75, 3.05) is 20.2 Å². The fourth-order valence-corrected chi connectivity index (χ4v) is 3.23. The number of amides is 1. The highest BCUT2D eigenvalue weighted by atomic mass is 19.1. The van der Waals surface area contributed by atoms with Gasteiger partial charge in [0.25, 0.3) is 0 Å². The van der Waals surface area contributed by atoms with Gasteiger partial charge in [-0.2, -0.15) is 0 Å². The van der Waals surface area contributed by atoms with Gasteiger partial charge in [-0.05, 0) is 31.0 Å². The van der Waals surface area contributed by atoms with E-state index in [-0.39, 0.29) is 25.4 Å². The van der Waals surface area contributed by atoms with E-state index in [1.165, 1.54) is 25.3 Å². The number of benzene rings is 1. The predicted molar refractivity (Wildman–Crippen MR) is 87.4 cm³/mol. The molecule has 1 aliphatic rings. The number of halogens is 1. The number of carbonyl (C=O) groups excluding carboxylic acids is 1. The molecule has 2 aromatic rings. The highest BCUT2D eigenvalue weighted by Gasteiger charge is 2.36. The molecule has 1 amide bonds. The average Bonchev–Trinajstić information content (AvgIpc) is 3.07. The minimum atomic E-state index is -1.05. The van der Waals surface area contributed by atoms with Crippen LogP contribution >= 0.6 is 0 Å². The highest BCUT2D eigenvalue weighted by Crippen LogP contribution is 2.25. The number of hydrogen-bond donors (Lipinski definition) is 1. The molecular formula is C17H21FN4O3. The Morgan fingerprint density at radius 1 is 1.48 bits per heavy atom. The van der Waals surface area contributed by atoms with Crippen LogP contribution in [0.25, 0.3) is 0 Å². The molecule has 0 aliphatic carbocycles. The number of hydrogen-bond acceptors (Lipinski definition) is 5. The van der Waals surface area contributed by atoms with E-state index in [0.29, 0.717) is 30.7 Å². The maximum absolute atomic E-state index is 13.5. The second-order valence-electron chi connectivity index (χ2n) is 6.38. The molecule has 134 valence electrons. The summed E-state index contributed by atoms with van der Waals surface area (Å²) in [5, 5.41) is 18.4. The van der Waals surface area contributed by atoms with Gasteiger partial charge in [-0.25, -0.2) is 9.07 Å². The minimum absolute atomic E-state index is 0.0281. The number of aromatic nitrogens is 3. The summed E-state index contributed by atoms with van der Waals surface area (Å²) in [6.45, 7) is 1.06. The molecule has 1 aromatic carbocycles. The third kappa shape index (κ3) is 4.14. The van der Waals surface area contributed by atoms with Gasteiger partial charge in [0.05, 0.1) is 32.8 Å². The van der Waals surface area contributed by atoms with Gasteiger partial charge in [0, 0.05) is 18.3 Å². The molecule has 0 bridgehead atoms. The quantitative estimate of drug-likeness (QED) is 0.873. The summed E-state index contributed by atoms with van der Waals surface area (Å²) >= 11 is 0. The van der Waals surface area contributed by atoms with Crippen molar-refractivity contribution in [3.8, 4) is 5.75 Å². The Labute approximate surface area is 145 Å². The molecule has 8 heteroatoms. The minimum Gasteiger partial charge on any atom is -0.496 e. The normalized spacial score (nSPS) is 20.5. The van der Waals surface area contributed by atoms with Crippen molar-refractivity contribution < 1.29 is 19.0 Å². The Morgan fingerprint density at radius 2 is 2.32 bits per heavy atom. The molecule has 1 fully saturated rings. The maximum Gasteiger partial charge on any atom is 0.227 e. The van der Waals surface area contributed by atoms with Gasteiger partial charge < -0.3 is 14.7 Å². The van der Waals surface area contributed by atoms with Gasteiger partial charge in [-0.15, -0.1) is 5.10 Å². The number of methoxy groups -OCH3 is 1. The lowest BCUT2D eigenvalue weighted by Gasteiger charge is -2.39. The monoisotopic (exact) mass is 348 g/mol. The first kappa shape index (κ1) is 17.3. The second kappa shape index (κ2) is 7.18. The summed E-state index contributed by atoms with van der Waals surface area (Å²) < 4.78 is 20.2. The van der Waals surface area contributed by atoms with Crippen LogP contribution in [-0.4, -0.2) is 56.7 Å². The van der Waals surface area contributed by atoms with Crippen molar-refractivity contribution in [3.05, 3.63) is 42.0 Å². The Kier molecular flexibility index (Phi) is 4.98. The summed E-state index contributed by atoms with van der Waals surface area (Å²) in [6, 6.07) is 4.11. The molecule has 0 spiro atoms.